The van der Waals surface area contributed by atoms with Gasteiger partial charge in [-0.1, -0.05) is 18.5 Å². The highest BCUT2D eigenvalue weighted by Crippen LogP contribution is 2.32. The van der Waals surface area contributed by atoms with Crippen molar-refractivity contribution < 1.29 is 4.42 Å². The van der Waals surface area contributed by atoms with E-state index in [2.05, 4.69) is 25.9 Å². The first-order chi connectivity index (χ1) is 7.24. The second kappa shape index (κ2) is 4.33. The maximum Gasteiger partial charge on any atom is 0.166 e. The Hall–Kier alpha value is -0.870. The van der Waals surface area contributed by atoms with Gasteiger partial charge < -0.3 is 4.42 Å². The molecular weight excluding hydrogens is 279 g/mol. The van der Waals surface area contributed by atoms with E-state index in [1.54, 1.807) is 6.26 Å². The second-order valence-corrected chi connectivity index (χ2v) is 4.16. The Balaban J connectivity index is 2.63. The zero-order valence-electron chi connectivity index (χ0n) is 8.00. The fourth-order valence-electron chi connectivity index (χ4n) is 1.36. The van der Waals surface area contributed by atoms with Crippen LogP contribution in [0.15, 0.2) is 27.5 Å². The van der Waals surface area contributed by atoms with Crippen LogP contribution in [0.25, 0.3) is 11.5 Å². The van der Waals surface area contributed by atoms with Gasteiger partial charge in [-0.05, 0) is 28.4 Å². The van der Waals surface area contributed by atoms with Crippen LogP contribution in [0.1, 0.15) is 12.5 Å². The van der Waals surface area contributed by atoms with Gasteiger partial charge in [-0.3, -0.25) is 0 Å². The smallest absolute Gasteiger partial charge is 0.166 e. The summed E-state index contributed by atoms with van der Waals surface area (Å²) in [6.45, 7) is 2.00. The number of nitrogens with zero attached hydrogens (tertiary/aromatic N) is 2. The van der Waals surface area contributed by atoms with Gasteiger partial charge in [0.05, 0.1) is 10.7 Å². The first-order valence-electron chi connectivity index (χ1n) is 4.46. The summed E-state index contributed by atoms with van der Waals surface area (Å²) in [5.41, 5.74) is 1.64. The van der Waals surface area contributed by atoms with E-state index in [4.69, 9.17) is 16.0 Å². The highest BCUT2D eigenvalue weighted by Gasteiger charge is 2.15. The first-order valence-corrected chi connectivity index (χ1v) is 5.64. The highest BCUT2D eigenvalue weighted by molar-refractivity contribution is 9.10. The van der Waals surface area contributed by atoms with E-state index in [0.717, 1.165) is 22.2 Å². The van der Waals surface area contributed by atoms with E-state index in [0.29, 0.717) is 10.9 Å². The molecule has 0 saturated heterocycles. The van der Waals surface area contributed by atoms with Crippen molar-refractivity contribution in [3.05, 3.63) is 33.8 Å². The van der Waals surface area contributed by atoms with E-state index < -0.39 is 0 Å². The second-order valence-electron chi connectivity index (χ2n) is 2.94. The van der Waals surface area contributed by atoms with Crippen LogP contribution in [0.3, 0.4) is 0 Å². The van der Waals surface area contributed by atoms with Gasteiger partial charge in [0.2, 0.25) is 0 Å². The lowest BCUT2D eigenvalue weighted by molar-refractivity contribution is 0.577. The lowest BCUT2D eigenvalue weighted by atomic mass is 10.1. The largest absolute Gasteiger partial charge is 0.461 e. The third-order valence-corrected chi connectivity index (χ3v) is 3.03. The molecule has 0 bridgehead atoms. The Morgan fingerprint density at radius 1 is 1.47 bits per heavy atom. The summed E-state index contributed by atoms with van der Waals surface area (Å²) >= 11 is 9.38. The molecule has 0 saturated carbocycles. The summed E-state index contributed by atoms with van der Waals surface area (Å²) in [6.07, 6.45) is 3.81. The Morgan fingerprint density at radius 3 is 2.87 bits per heavy atom. The van der Waals surface area contributed by atoms with Gasteiger partial charge in [0, 0.05) is 5.56 Å². The molecule has 0 aliphatic carbocycles. The van der Waals surface area contributed by atoms with E-state index >= 15 is 0 Å². The standard InChI is InChI=1S/C10H8BrClN2O/c1-2-6-8(13-5-14-10(6)12)9-7(11)3-4-15-9/h3-5H,2H2,1H3. The van der Waals surface area contributed by atoms with Crippen molar-refractivity contribution in [1.29, 1.82) is 0 Å². The summed E-state index contributed by atoms with van der Waals surface area (Å²) in [7, 11) is 0. The minimum Gasteiger partial charge on any atom is -0.461 e. The fraction of sp³-hybridized carbons (Fsp3) is 0.200. The summed E-state index contributed by atoms with van der Waals surface area (Å²) in [5, 5.41) is 0.478. The van der Waals surface area contributed by atoms with Gasteiger partial charge in [-0.15, -0.1) is 0 Å². The molecule has 0 amide bonds. The molecule has 78 valence electrons. The molecule has 0 N–H and O–H groups in total. The molecule has 2 aromatic heterocycles. The van der Waals surface area contributed by atoms with Crippen LogP contribution in [-0.2, 0) is 6.42 Å². The molecule has 0 fully saturated rings. The molecule has 0 radical (unpaired) electrons. The van der Waals surface area contributed by atoms with E-state index in [9.17, 15) is 0 Å². The number of hydrogen-bond donors (Lipinski definition) is 0. The first kappa shape index (κ1) is 10.6. The normalized spacial score (nSPS) is 10.6. The third kappa shape index (κ3) is 1.92. The molecule has 0 atom stereocenters. The topological polar surface area (TPSA) is 38.9 Å². The molecule has 5 heteroatoms. The maximum atomic E-state index is 5.99. The quantitative estimate of drug-likeness (QED) is 0.790. The van der Waals surface area contributed by atoms with Gasteiger partial charge in [-0.25, -0.2) is 9.97 Å². The number of rotatable bonds is 2. The predicted molar refractivity (Wildman–Crippen MR) is 61.8 cm³/mol. The number of furan rings is 1. The molecule has 2 aromatic rings. The Labute approximate surface area is 101 Å². The molecular formula is C10H8BrClN2O. The minimum absolute atomic E-state index is 0.478. The molecule has 3 nitrogen and oxygen atoms in total. The maximum absolute atomic E-state index is 5.99. The van der Waals surface area contributed by atoms with Gasteiger partial charge in [-0.2, -0.15) is 0 Å². The van der Waals surface area contributed by atoms with Crippen molar-refractivity contribution in [2.75, 3.05) is 0 Å². The molecule has 0 aliphatic heterocycles. The SMILES string of the molecule is CCc1c(Cl)ncnc1-c1occc1Br. The lowest BCUT2D eigenvalue weighted by Gasteiger charge is -2.05. The fourth-order valence-corrected chi connectivity index (χ4v) is 2.02. The predicted octanol–water partition coefficient (Wildman–Crippen LogP) is 3.71. The van der Waals surface area contributed by atoms with Crippen molar-refractivity contribution in [1.82, 2.24) is 9.97 Å². The van der Waals surface area contributed by atoms with Crippen molar-refractivity contribution >= 4 is 27.5 Å². The van der Waals surface area contributed by atoms with Crippen molar-refractivity contribution in [2.24, 2.45) is 0 Å². The number of hydrogen-bond acceptors (Lipinski definition) is 3. The van der Waals surface area contributed by atoms with Crippen molar-refractivity contribution in [3.8, 4) is 11.5 Å². The molecule has 15 heavy (non-hydrogen) atoms. The molecule has 0 aliphatic rings. The molecule has 0 unspecified atom stereocenters. The zero-order valence-corrected chi connectivity index (χ0v) is 10.3. The monoisotopic (exact) mass is 286 g/mol. The van der Waals surface area contributed by atoms with E-state index in [1.165, 1.54) is 6.33 Å². The summed E-state index contributed by atoms with van der Waals surface area (Å²) < 4.78 is 6.22. The van der Waals surface area contributed by atoms with Crippen LogP contribution in [0.5, 0.6) is 0 Å². The molecule has 0 aromatic carbocycles. The van der Waals surface area contributed by atoms with Crippen LogP contribution in [0, 0.1) is 0 Å². The van der Waals surface area contributed by atoms with Crippen LogP contribution in [0.4, 0.5) is 0 Å². The lowest BCUT2D eigenvalue weighted by Crippen LogP contribution is -1.94. The number of halogens is 2. The van der Waals surface area contributed by atoms with Crippen LogP contribution >= 0.6 is 27.5 Å². The van der Waals surface area contributed by atoms with Crippen molar-refractivity contribution in [2.45, 2.75) is 13.3 Å². The van der Waals surface area contributed by atoms with Gasteiger partial charge in [0.25, 0.3) is 0 Å². The zero-order chi connectivity index (χ0) is 10.8. The van der Waals surface area contributed by atoms with Gasteiger partial charge >= 0.3 is 0 Å². The third-order valence-electron chi connectivity index (χ3n) is 2.08. The average molecular weight is 288 g/mol. The minimum atomic E-state index is 0.478. The highest BCUT2D eigenvalue weighted by atomic mass is 79.9. The Bertz CT molecular complexity index is 484. The molecule has 2 heterocycles. The Kier molecular flexibility index (Phi) is 3.07. The summed E-state index contributed by atoms with van der Waals surface area (Å²) in [4.78, 5) is 8.14. The average Bonchev–Trinajstić information content (AvgIpc) is 2.64. The molecule has 0 spiro atoms. The summed E-state index contributed by atoms with van der Waals surface area (Å²) in [5.74, 6) is 0.691. The van der Waals surface area contributed by atoms with Crippen LogP contribution < -0.4 is 0 Å². The van der Waals surface area contributed by atoms with Crippen LogP contribution in [-0.4, -0.2) is 9.97 Å². The van der Waals surface area contributed by atoms with Crippen LogP contribution in [0.2, 0.25) is 5.15 Å². The van der Waals surface area contributed by atoms with Crippen molar-refractivity contribution in [3.63, 3.8) is 0 Å². The Morgan fingerprint density at radius 2 is 2.27 bits per heavy atom. The van der Waals surface area contributed by atoms with E-state index in [1.807, 2.05) is 13.0 Å². The van der Waals surface area contributed by atoms with Gasteiger partial charge in [0.15, 0.2) is 5.76 Å². The number of aromatic nitrogens is 2. The summed E-state index contributed by atoms with van der Waals surface area (Å²) in [6, 6.07) is 1.82. The van der Waals surface area contributed by atoms with Gasteiger partial charge in [0.1, 0.15) is 17.2 Å². The van der Waals surface area contributed by atoms with E-state index in [-0.39, 0.29) is 0 Å². The molecule has 2 rings (SSSR count).